The minimum atomic E-state index is 1.05. The zero-order chi connectivity index (χ0) is 13.8. The molecule has 0 aliphatic carbocycles. The number of fused-ring (bicyclic) bond motifs is 1. The molecule has 1 aromatic heterocycles. The largest absolute Gasteiger partial charge is 0.256 e. The molecule has 3 aromatic rings. The SMILES string of the molecule is CCCCc1ccc(-c2cnc3ccccc3c2)cc1. The van der Waals surface area contributed by atoms with Gasteiger partial charge < -0.3 is 0 Å². The van der Waals surface area contributed by atoms with E-state index < -0.39 is 0 Å². The standard InChI is InChI=1S/C19H19N/c1-2-3-6-15-9-11-16(12-10-15)18-13-17-7-4-5-8-19(17)20-14-18/h4-5,7-14H,2-3,6H2,1H3. The molecule has 0 aliphatic heterocycles. The lowest BCUT2D eigenvalue weighted by Crippen LogP contribution is -1.86. The molecule has 0 saturated heterocycles. The van der Waals surface area contributed by atoms with Crippen molar-refractivity contribution in [3.8, 4) is 11.1 Å². The van der Waals surface area contributed by atoms with Crippen LogP contribution in [0.3, 0.4) is 0 Å². The van der Waals surface area contributed by atoms with Crippen LogP contribution < -0.4 is 0 Å². The Labute approximate surface area is 120 Å². The van der Waals surface area contributed by atoms with Gasteiger partial charge in [-0.25, -0.2) is 0 Å². The molecule has 20 heavy (non-hydrogen) atoms. The van der Waals surface area contributed by atoms with E-state index in [9.17, 15) is 0 Å². The topological polar surface area (TPSA) is 12.9 Å². The molecule has 0 N–H and O–H groups in total. The molecule has 0 fully saturated rings. The predicted octanol–water partition coefficient (Wildman–Crippen LogP) is 5.24. The first-order valence-corrected chi connectivity index (χ1v) is 7.31. The third-order valence-electron chi connectivity index (χ3n) is 3.70. The van der Waals surface area contributed by atoms with Gasteiger partial charge in [-0.2, -0.15) is 0 Å². The first-order chi connectivity index (χ1) is 9.86. The summed E-state index contributed by atoms with van der Waals surface area (Å²) in [7, 11) is 0. The Morgan fingerprint density at radius 1 is 0.900 bits per heavy atom. The molecular formula is C19H19N. The third-order valence-corrected chi connectivity index (χ3v) is 3.70. The van der Waals surface area contributed by atoms with Crippen LogP contribution in [0.25, 0.3) is 22.0 Å². The Hall–Kier alpha value is -2.15. The zero-order valence-electron chi connectivity index (χ0n) is 11.8. The number of para-hydroxylation sites is 1. The lowest BCUT2D eigenvalue weighted by molar-refractivity contribution is 0.795. The van der Waals surface area contributed by atoms with Crippen LogP contribution in [0.15, 0.2) is 60.8 Å². The maximum absolute atomic E-state index is 4.53. The lowest BCUT2D eigenvalue weighted by Gasteiger charge is -2.05. The second-order valence-corrected chi connectivity index (χ2v) is 5.22. The minimum Gasteiger partial charge on any atom is -0.256 e. The van der Waals surface area contributed by atoms with Gasteiger partial charge in [0.25, 0.3) is 0 Å². The van der Waals surface area contributed by atoms with E-state index in [0.29, 0.717) is 0 Å². The molecule has 0 amide bonds. The van der Waals surface area contributed by atoms with Crippen molar-refractivity contribution in [1.29, 1.82) is 0 Å². The number of aryl methyl sites for hydroxylation is 1. The maximum Gasteiger partial charge on any atom is 0.0702 e. The van der Waals surface area contributed by atoms with Gasteiger partial charge in [0.1, 0.15) is 0 Å². The number of unbranched alkanes of at least 4 members (excludes halogenated alkanes) is 1. The molecule has 2 aromatic carbocycles. The summed E-state index contributed by atoms with van der Waals surface area (Å²) < 4.78 is 0. The Balaban J connectivity index is 1.90. The average molecular weight is 261 g/mol. The maximum atomic E-state index is 4.53. The molecule has 1 heterocycles. The Morgan fingerprint density at radius 2 is 1.70 bits per heavy atom. The van der Waals surface area contributed by atoms with Crippen LogP contribution >= 0.6 is 0 Å². The van der Waals surface area contributed by atoms with E-state index in [1.807, 2.05) is 18.3 Å². The fourth-order valence-electron chi connectivity index (χ4n) is 2.47. The number of rotatable bonds is 4. The van der Waals surface area contributed by atoms with E-state index >= 15 is 0 Å². The molecule has 0 atom stereocenters. The average Bonchev–Trinajstić information content (AvgIpc) is 2.53. The minimum absolute atomic E-state index is 1.05. The summed E-state index contributed by atoms with van der Waals surface area (Å²) in [4.78, 5) is 4.53. The molecule has 0 unspecified atom stereocenters. The number of benzene rings is 2. The molecule has 0 spiro atoms. The second-order valence-electron chi connectivity index (χ2n) is 5.22. The fraction of sp³-hybridized carbons (Fsp3) is 0.211. The molecule has 0 radical (unpaired) electrons. The molecule has 100 valence electrons. The smallest absolute Gasteiger partial charge is 0.0702 e. The first-order valence-electron chi connectivity index (χ1n) is 7.31. The highest BCUT2D eigenvalue weighted by molar-refractivity contribution is 5.83. The number of pyridine rings is 1. The highest BCUT2D eigenvalue weighted by atomic mass is 14.6. The van der Waals surface area contributed by atoms with Crippen LogP contribution in [0.4, 0.5) is 0 Å². The van der Waals surface area contributed by atoms with Gasteiger partial charge in [-0.3, -0.25) is 4.98 Å². The number of aromatic nitrogens is 1. The van der Waals surface area contributed by atoms with E-state index in [1.54, 1.807) is 0 Å². The van der Waals surface area contributed by atoms with Gasteiger partial charge in [-0.05, 0) is 36.1 Å². The van der Waals surface area contributed by atoms with Gasteiger partial charge in [0, 0.05) is 17.1 Å². The molecule has 3 rings (SSSR count). The summed E-state index contributed by atoms with van der Waals surface area (Å²) in [5.74, 6) is 0. The van der Waals surface area contributed by atoms with Crippen LogP contribution in [0.5, 0.6) is 0 Å². The van der Waals surface area contributed by atoms with Gasteiger partial charge in [0.05, 0.1) is 5.52 Å². The number of hydrogen-bond donors (Lipinski definition) is 0. The quantitative estimate of drug-likeness (QED) is 0.625. The van der Waals surface area contributed by atoms with Crippen LogP contribution in [0.2, 0.25) is 0 Å². The highest BCUT2D eigenvalue weighted by Gasteiger charge is 2.01. The number of hydrogen-bond acceptors (Lipinski definition) is 1. The van der Waals surface area contributed by atoms with Crippen molar-refractivity contribution in [2.75, 3.05) is 0 Å². The number of nitrogens with zero attached hydrogens (tertiary/aromatic N) is 1. The Morgan fingerprint density at radius 3 is 2.50 bits per heavy atom. The van der Waals surface area contributed by atoms with Crippen LogP contribution in [-0.2, 0) is 6.42 Å². The zero-order valence-corrected chi connectivity index (χ0v) is 11.8. The van der Waals surface area contributed by atoms with Crippen molar-refractivity contribution >= 4 is 10.9 Å². The summed E-state index contributed by atoms with van der Waals surface area (Å²) in [6, 6.07) is 19.3. The normalized spacial score (nSPS) is 10.8. The van der Waals surface area contributed by atoms with Gasteiger partial charge in [0.2, 0.25) is 0 Å². The summed E-state index contributed by atoms with van der Waals surface area (Å²) in [5.41, 5.74) is 4.90. The highest BCUT2D eigenvalue weighted by Crippen LogP contribution is 2.23. The van der Waals surface area contributed by atoms with Crippen LogP contribution in [0.1, 0.15) is 25.3 Å². The van der Waals surface area contributed by atoms with E-state index in [1.165, 1.54) is 41.3 Å². The summed E-state index contributed by atoms with van der Waals surface area (Å²) in [6.07, 6.45) is 5.64. The third kappa shape index (κ3) is 2.72. The van der Waals surface area contributed by atoms with E-state index in [0.717, 1.165) is 5.52 Å². The van der Waals surface area contributed by atoms with Gasteiger partial charge in [-0.1, -0.05) is 55.8 Å². The summed E-state index contributed by atoms with van der Waals surface area (Å²) in [5, 5.41) is 1.19. The van der Waals surface area contributed by atoms with Gasteiger partial charge >= 0.3 is 0 Å². The Bertz CT molecular complexity index is 698. The van der Waals surface area contributed by atoms with Crippen molar-refractivity contribution in [1.82, 2.24) is 4.98 Å². The Kier molecular flexibility index (Phi) is 3.78. The molecule has 0 saturated carbocycles. The van der Waals surface area contributed by atoms with Crippen LogP contribution in [0, 0.1) is 0 Å². The van der Waals surface area contributed by atoms with Crippen molar-refractivity contribution in [2.45, 2.75) is 26.2 Å². The second kappa shape index (κ2) is 5.87. The van der Waals surface area contributed by atoms with Crippen LogP contribution in [-0.4, -0.2) is 4.98 Å². The molecule has 1 nitrogen and oxygen atoms in total. The van der Waals surface area contributed by atoms with Gasteiger partial charge in [0.15, 0.2) is 0 Å². The summed E-state index contributed by atoms with van der Waals surface area (Å²) >= 11 is 0. The fourth-order valence-corrected chi connectivity index (χ4v) is 2.47. The van der Waals surface area contributed by atoms with E-state index in [2.05, 4.69) is 54.4 Å². The van der Waals surface area contributed by atoms with Gasteiger partial charge in [-0.15, -0.1) is 0 Å². The lowest BCUT2D eigenvalue weighted by atomic mass is 10.0. The van der Waals surface area contributed by atoms with Crippen molar-refractivity contribution < 1.29 is 0 Å². The van der Waals surface area contributed by atoms with Crippen molar-refractivity contribution in [2.24, 2.45) is 0 Å². The van der Waals surface area contributed by atoms with Crippen molar-refractivity contribution in [3.63, 3.8) is 0 Å². The molecule has 0 aliphatic rings. The molecule has 0 bridgehead atoms. The summed E-state index contributed by atoms with van der Waals surface area (Å²) in [6.45, 7) is 2.23. The molecule has 1 heteroatoms. The van der Waals surface area contributed by atoms with E-state index in [-0.39, 0.29) is 0 Å². The van der Waals surface area contributed by atoms with E-state index in [4.69, 9.17) is 0 Å². The van der Waals surface area contributed by atoms with Crippen molar-refractivity contribution in [3.05, 3.63) is 66.4 Å². The molecular weight excluding hydrogens is 242 g/mol. The first kappa shape index (κ1) is 12.9. The predicted molar refractivity (Wildman–Crippen MR) is 85.8 cm³/mol. The monoisotopic (exact) mass is 261 g/mol.